The van der Waals surface area contributed by atoms with E-state index in [-0.39, 0.29) is 17.3 Å². The number of Topliss-reactive ketones (excluding diaryl/α,β-unsaturated/α-hetero) is 1. The van der Waals surface area contributed by atoms with E-state index in [1.54, 1.807) is 25.9 Å². The lowest BCUT2D eigenvalue weighted by molar-refractivity contribution is -0.130. The Hall–Kier alpha value is -2.60. The minimum atomic E-state index is -0.556. The summed E-state index contributed by atoms with van der Waals surface area (Å²) >= 11 is 1.47. The van der Waals surface area contributed by atoms with Gasteiger partial charge in [0.1, 0.15) is 5.75 Å². The highest BCUT2D eigenvalue weighted by molar-refractivity contribution is 7.10. The van der Waals surface area contributed by atoms with Gasteiger partial charge in [0, 0.05) is 17.3 Å². The maximum absolute atomic E-state index is 12.7. The second-order valence-electron chi connectivity index (χ2n) is 6.48. The molecule has 1 N–H and O–H groups in total. The molecule has 1 unspecified atom stereocenters. The number of amides is 1. The molecule has 1 amide bonds. The fourth-order valence-electron chi connectivity index (χ4n) is 3.05. The number of methoxy groups -OCH3 is 1. The summed E-state index contributed by atoms with van der Waals surface area (Å²) in [6, 6.07) is 10.6. The molecule has 0 fully saturated rings. The van der Waals surface area contributed by atoms with Gasteiger partial charge in [-0.15, -0.1) is 11.3 Å². The summed E-state index contributed by atoms with van der Waals surface area (Å²) in [6.07, 6.45) is 0. The average Bonchev–Trinajstić information content (AvgIpc) is 3.24. The first-order valence-electron chi connectivity index (χ1n) is 8.38. The van der Waals surface area contributed by atoms with Gasteiger partial charge in [0.2, 0.25) is 0 Å². The second kappa shape index (κ2) is 7.33. The van der Waals surface area contributed by atoms with E-state index in [4.69, 9.17) is 4.74 Å². The molecule has 0 aliphatic carbocycles. The first-order valence-corrected chi connectivity index (χ1v) is 9.26. The lowest BCUT2D eigenvalue weighted by Gasteiger charge is -2.26. The number of aliphatic hydroxyl groups excluding tert-OH is 1. The van der Waals surface area contributed by atoms with Crippen LogP contribution in [-0.2, 0) is 16.1 Å². The number of aliphatic hydroxyl groups is 1. The van der Waals surface area contributed by atoms with Crippen molar-refractivity contribution in [2.24, 2.45) is 5.92 Å². The molecule has 1 aromatic carbocycles. The Kier molecular flexibility index (Phi) is 5.13. The van der Waals surface area contributed by atoms with Crippen LogP contribution in [0.15, 0.2) is 53.1 Å². The number of ether oxygens (including phenoxy) is 1. The second-order valence-corrected chi connectivity index (χ2v) is 7.46. The van der Waals surface area contributed by atoms with Crippen molar-refractivity contribution in [1.82, 2.24) is 4.90 Å². The molecule has 1 aliphatic heterocycles. The van der Waals surface area contributed by atoms with Crippen molar-refractivity contribution >= 4 is 23.0 Å². The van der Waals surface area contributed by atoms with Crippen molar-refractivity contribution in [3.63, 3.8) is 0 Å². The minimum Gasteiger partial charge on any atom is -0.503 e. The number of benzene rings is 1. The van der Waals surface area contributed by atoms with Crippen LogP contribution in [0, 0.1) is 5.92 Å². The molecule has 0 saturated carbocycles. The third-order valence-electron chi connectivity index (χ3n) is 4.42. The molecule has 5 nitrogen and oxygen atoms in total. The Balaban J connectivity index is 1.98. The molecule has 3 rings (SSSR count). The van der Waals surface area contributed by atoms with E-state index in [1.165, 1.54) is 11.3 Å². The Morgan fingerprint density at radius 1 is 1.27 bits per heavy atom. The predicted molar refractivity (Wildman–Crippen MR) is 100 cm³/mol. The van der Waals surface area contributed by atoms with Crippen LogP contribution in [0.2, 0.25) is 0 Å². The SMILES string of the molecule is COc1ccc(CN2C(=O)C(O)=C(C(=O)C(C)C)C2c2cccs2)cc1. The third-order valence-corrected chi connectivity index (χ3v) is 5.34. The Morgan fingerprint density at radius 2 is 1.96 bits per heavy atom. The number of rotatable bonds is 6. The van der Waals surface area contributed by atoms with Crippen LogP contribution in [0.3, 0.4) is 0 Å². The molecule has 0 bridgehead atoms. The van der Waals surface area contributed by atoms with Gasteiger partial charge in [-0.2, -0.15) is 0 Å². The zero-order valence-electron chi connectivity index (χ0n) is 14.9. The van der Waals surface area contributed by atoms with Gasteiger partial charge >= 0.3 is 0 Å². The summed E-state index contributed by atoms with van der Waals surface area (Å²) in [7, 11) is 1.59. The zero-order valence-corrected chi connectivity index (χ0v) is 15.7. The van der Waals surface area contributed by atoms with Gasteiger partial charge in [0.25, 0.3) is 5.91 Å². The highest BCUT2D eigenvalue weighted by Gasteiger charge is 2.44. The molecular formula is C20H21NO4S. The summed E-state index contributed by atoms with van der Waals surface area (Å²) in [5, 5.41) is 12.3. The molecule has 0 saturated heterocycles. The van der Waals surface area contributed by atoms with E-state index >= 15 is 0 Å². The van der Waals surface area contributed by atoms with Crippen LogP contribution in [0.4, 0.5) is 0 Å². The van der Waals surface area contributed by atoms with E-state index < -0.39 is 17.7 Å². The Morgan fingerprint density at radius 3 is 2.50 bits per heavy atom. The van der Waals surface area contributed by atoms with Gasteiger partial charge < -0.3 is 14.7 Å². The Bertz CT molecular complexity index is 837. The number of carbonyl (C=O) groups is 2. The van der Waals surface area contributed by atoms with Crippen LogP contribution in [0.1, 0.15) is 30.3 Å². The summed E-state index contributed by atoms with van der Waals surface area (Å²) in [5.41, 5.74) is 1.09. The van der Waals surface area contributed by atoms with E-state index in [2.05, 4.69) is 0 Å². The molecule has 2 aromatic rings. The standard InChI is InChI=1S/C20H21NO4S/c1-12(2)18(22)16-17(15-5-4-10-26-15)21(20(24)19(16)23)11-13-6-8-14(25-3)9-7-13/h4-10,12,17,23H,11H2,1-3H3. The monoisotopic (exact) mass is 371 g/mol. The van der Waals surface area contributed by atoms with Gasteiger partial charge in [-0.25, -0.2) is 0 Å². The number of ketones is 1. The van der Waals surface area contributed by atoms with Crippen LogP contribution in [0.5, 0.6) is 5.75 Å². The van der Waals surface area contributed by atoms with Crippen LogP contribution in [-0.4, -0.2) is 28.8 Å². The molecule has 26 heavy (non-hydrogen) atoms. The van der Waals surface area contributed by atoms with E-state index in [1.807, 2.05) is 41.8 Å². The summed E-state index contributed by atoms with van der Waals surface area (Å²) in [4.78, 5) is 27.8. The molecule has 136 valence electrons. The normalized spacial score (nSPS) is 17.3. The van der Waals surface area contributed by atoms with Gasteiger partial charge in [-0.3, -0.25) is 9.59 Å². The Labute approximate surface area is 156 Å². The predicted octanol–water partition coefficient (Wildman–Crippen LogP) is 3.88. The zero-order chi connectivity index (χ0) is 18.8. The topological polar surface area (TPSA) is 66.8 Å². The lowest BCUT2D eigenvalue weighted by atomic mass is 9.94. The number of hydrogen-bond donors (Lipinski definition) is 1. The molecular weight excluding hydrogens is 350 g/mol. The average molecular weight is 371 g/mol. The molecule has 2 heterocycles. The molecule has 1 aliphatic rings. The number of nitrogens with zero attached hydrogens (tertiary/aromatic N) is 1. The van der Waals surface area contributed by atoms with Crippen molar-refractivity contribution in [2.45, 2.75) is 26.4 Å². The summed E-state index contributed by atoms with van der Waals surface area (Å²) in [6.45, 7) is 3.83. The van der Waals surface area contributed by atoms with Gasteiger partial charge in [0.05, 0.1) is 18.7 Å². The van der Waals surface area contributed by atoms with E-state index in [9.17, 15) is 14.7 Å². The maximum atomic E-state index is 12.7. The van der Waals surface area contributed by atoms with Gasteiger partial charge in [0.15, 0.2) is 11.5 Å². The third kappa shape index (κ3) is 3.24. The lowest BCUT2D eigenvalue weighted by Crippen LogP contribution is -2.30. The first-order chi connectivity index (χ1) is 12.4. The van der Waals surface area contributed by atoms with Crippen LogP contribution >= 0.6 is 11.3 Å². The quantitative estimate of drug-likeness (QED) is 0.837. The highest BCUT2D eigenvalue weighted by Crippen LogP contribution is 2.41. The van der Waals surface area contributed by atoms with Crippen molar-refractivity contribution in [2.75, 3.05) is 7.11 Å². The van der Waals surface area contributed by atoms with Crippen LogP contribution < -0.4 is 4.74 Å². The molecule has 0 radical (unpaired) electrons. The number of carbonyl (C=O) groups excluding carboxylic acids is 2. The molecule has 6 heteroatoms. The van der Waals surface area contributed by atoms with Crippen molar-refractivity contribution < 1.29 is 19.4 Å². The highest BCUT2D eigenvalue weighted by atomic mass is 32.1. The van der Waals surface area contributed by atoms with Crippen molar-refractivity contribution in [3.05, 3.63) is 63.6 Å². The van der Waals surface area contributed by atoms with Gasteiger partial charge in [-0.1, -0.05) is 32.0 Å². The smallest absolute Gasteiger partial charge is 0.290 e. The van der Waals surface area contributed by atoms with Gasteiger partial charge in [-0.05, 0) is 29.1 Å². The maximum Gasteiger partial charge on any atom is 0.290 e. The summed E-state index contributed by atoms with van der Waals surface area (Å²) in [5.74, 6) is -0.721. The van der Waals surface area contributed by atoms with E-state index in [0.717, 1.165) is 16.2 Å². The molecule has 1 aromatic heterocycles. The summed E-state index contributed by atoms with van der Waals surface area (Å²) < 4.78 is 5.16. The first kappa shape index (κ1) is 18.2. The fourth-order valence-corrected chi connectivity index (χ4v) is 3.90. The van der Waals surface area contributed by atoms with Crippen LogP contribution in [0.25, 0.3) is 0 Å². The van der Waals surface area contributed by atoms with Crippen molar-refractivity contribution in [3.8, 4) is 5.75 Å². The minimum absolute atomic E-state index is 0.195. The number of hydrogen-bond acceptors (Lipinski definition) is 5. The fraction of sp³-hybridized carbons (Fsp3) is 0.300. The number of thiophene rings is 1. The molecule has 1 atom stereocenters. The molecule has 0 spiro atoms. The largest absolute Gasteiger partial charge is 0.503 e. The van der Waals surface area contributed by atoms with E-state index in [0.29, 0.717) is 6.54 Å². The van der Waals surface area contributed by atoms with Crippen molar-refractivity contribution in [1.29, 1.82) is 0 Å².